The highest BCUT2D eigenvalue weighted by atomic mass is 15.3. The van der Waals surface area contributed by atoms with Gasteiger partial charge in [-0.1, -0.05) is 26.2 Å². The lowest BCUT2D eigenvalue weighted by atomic mass is 9.82. The normalized spacial score (nSPS) is 27.8. The first-order valence-corrected chi connectivity index (χ1v) is 8.65. The Morgan fingerprint density at radius 3 is 2.52 bits per heavy atom. The average Bonchev–Trinajstić information content (AvgIpc) is 2.57. The summed E-state index contributed by atoms with van der Waals surface area (Å²) < 4.78 is 0. The predicted octanol–water partition coefficient (Wildman–Crippen LogP) is 3.00. The van der Waals surface area contributed by atoms with Crippen molar-refractivity contribution in [2.24, 2.45) is 5.92 Å². The average molecular weight is 288 g/mol. The van der Waals surface area contributed by atoms with Gasteiger partial charge in [0.15, 0.2) is 0 Å². The van der Waals surface area contributed by atoms with Crippen molar-refractivity contribution in [1.29, 1.82) is 0 Å². The lowest BCUT2D eigenvalue weighted by Crippen LogP contribution is -2.49. The first kappa shape index (κ1) is 14.8. The molecule has 2 atom stereocenters. The van der Waals surface area contributed by atoms with Crippen LogP contribution in [0.4, 0.5) is 5.95 Å². The number of anilines is 1. The molecule has 2 unspecified atom stereocenters. The van der Waals surface area contributed by atoms with Gasteiger partial charge in [-0.2, -0.15) is 0 Å². The van der Waals surface area contributed by atoms with Gasteiger partial charge in [0, 0.05) is 37.6 Å². The summed E-state index contributed by atoms with van der Waals surface area (Å²) in [5.74, 6) is 1.79. The lowest BCUT2D eigenvalue weighted by Gasteiger charge is -2.38. The Labute approximate surface area is 128 Å². The highest BCUT2D eigenvalue weighted by Crippen LogP contribution is 2.28. The third kappa shape index (κ3) is 3.73. The molecule has 1 N–H and O–H groups in total. The zero-order valence-corrected chi connectivity index (χ0v) is 13.2. The van der Waals surface area contributed by atoms with Crippen LogP contribution in [-0.2, 0) is 0 Å². The molecule has 2 aliphatic rings. The van der Waals surface area contributed by atoms with Crippen LogP contribution in [0.5, 0.6) is 0 Å². The van der Waals surface area contributed by atoms with E-state index in [-0.39, 0.29) is 0 Å². The molecule has 0 bridgehead atoms. The quantitative estimate of drug-likeness (QED) is 0.924. The number of hydrogen-bond donors (Lipinski definition) is 1. The van der Waals surface area contributed by atoms with Crippen LogP contribution in [-0.4, -0.2) is 35.1 Å². The fraction of sp³-hybridized carbons (Fsp3) is 0.765. The molecule has 0 amide bonds. The maximum atomic E-state index is 4.36. The van der Waals surface area contributed by atoms with Crippen LogP contribution in [0.2, 0.25) is 0 Å². The molecule has 4 heteroatoms. The van der Waals surface area contributed by atoms with Gasteiger partial charge in [0.1, 0.15) is 0 Å². The number of hydrogen-bond acceptors (Lipinski definition) is 4. The summed E-state index contributed by atoms with van der Waals surface area (Å²) in [6.07, 6.45) is 13.1. The highest BCUT2D eigenvalue weighted by molar-refractivity contribution is 5.29. The van der Waals surface area contributed by atoms with E-state index in [0.717, 1.165) is 31.0 Å². The second kappa shape index (κ2) is 7.21. The first-order chi connectivity index (χ1) is 10.4. The Morgan fingerprint density at radius 2 is 1.81 bits per heavy atom. The van der Waals surface area contributed by atoms with Gasteiger partial charge < -0.3 is 10.2 Å². The summed E-state index contributed by atoms with van der Waals surface area (Å²) in [6, 6.07) is 3.32. The van der Waals surface area contributed by atoms with Crippen molar-refractivity contribution in [3.05, 3.63) is 18.5 Å². The zero-order chi connectivity index (χ0) is 14.5. The van der Waals surface area contributed by atoms with E-state index >= 15 is 0 Å². The summed E-state index contributed by atoms with van der Waals surface area (Å²) >= 11 is 0. The molecular formula is C17H28N4. The largest absolute Gasteiger partial charge is 0.341 e. The molecular weight excluding hydrogens is 260 g/mol. The smallest absolute Gasteiger partial charge is 0.225 e. The molecule has 1 aliphatic heterocycles. The van der Waals surface area contributed by atoms with Crippen LogP contribution in [0.1, 0.15) is 51.9 Å². The van der Waals surface area contributed by atoms with Crippen molar-refractivity contribution < 1.29 is 0 Å². The molecule has 1 aromatic heterocycles. The van der Waals surface area contributed by atoms with Crippen molar-refractivity contribution in [1.82, 2.24) is 15.3 Å². The zero-order valence-electron chi connectivity index (χ0n) is 13.2. The summed E-state index contributed by atoms with van der Waals surface area (Å²) in [4.78, 5) is 11.0. The number of aromatic nitrogens is 2. The molecule has 1 saturated heterocycles. The molecule has 3 rings (SSSR count). The maximum absolute atomic E-state index is 4.36. The van der Waals surface area contributed by atoms with Gasteiger partial charge in [0.05, 0.1) is 0 Å². The molecule has 0 aromatic carbocycles. The van der Waals surface area contributed by atoms with Gasteiger partial charge in [-0.3, -0.25) is 0 Å². The second-order valence-electron chi connectivity index (χ2n) is 6.54. The standard InChI is InChI=1S/C17H28N4/c1-2-14-6-3-4-7-16(14)20-15-8-12-21(13-9-15)17-18-10-5-11-19-17/h5,10-11,14-16,20H,2-4,6-9,12-13H2,1H3. The molecule has 1 saturated carbocycles. The van der Waals surface area contributed by atoms with E-state index in [1.807, 2.05) is 18.5 Å². The molecule has 4 nitrogen and oxygen atoms in total. The van der Waals surface area contributed by atoms with E-state index < -0.39 is 0 Å². The van der Waals surface area contributed by atoms with Gasteiger partial charge in [-0.15, -0.1) is 0 Å². The minimum absolute atomic E-state index is 0.683. The third-order valence-electron chi connectivity index (χ3n) is 5.21. The fourth-order valence-corrected chi connectivity index (χ4v) is 3.92. The topological polar surface area (TPSA) is 41.0 Å². The summed E-state index contributed by atoms with van der Waals surface area (Å²) in [5, 5.41) is 3.96. The summed E-state index contributed by atoms with van der Waals surface area (Å²) in [7, 11) is 0. The Kier molecular flexibility index (Phi) is 5.07. The molecule has 116 valence electrons. The Morgan fingerprint density at radius 1 is 1.10 bits per heavy atom. The first-order valence-electron chi connectivity index (χ1n) is 8.65. The monoisotopic (exact) mass is 288 g/mol. The molecule has 1 aliphatic carbocycles. The predicted molar refractivity (Wildman–Crippen MR) is 86.4 cm³/mol. The van der Waals surface area contributed by atoms with E-state index in [0.29, 0.717) is 6.04 Å². The number of piperidine rings is 1. The van der Waals surface area contributed by atoms with Crippen LogP contribution < -0.4 is 10.2 Å². The molecule has 2 fully saturated rings. The van der Waals surface area contributed by atoms with Crippen molar-refractivity contribution in [2.45, 2.75) is 64.0 Å². The Bertz CT molecular complexity index is 414. The molecule has 0 radical (unpaired) electrons. The molecule has 0 spiro atoms. The van der Waals surface area contributed by atoms with Crippen molar-refractivity contribution in [3.63, 3.8) is 0 Å². The van der Waals surface area contributed by atoms with Crippen LogP contribution in [0.3, 0.4) is 0 Å². The highest BCUT2D eigenvalue weighted by Gasteiger charge is 2.28. The van der Waals surface area contributed by atoms with Gasteiger partial charge in [-0.25, -0.2) is 9.97 Å². The summed E-state index contributed by atoms with van der Waals surface area (Å²) in [6.45, 7) is 4.50. The number of nitrogens with zero attached hydrogens (tertiary/aromatic N) is 3. The lowest BCUT2D eigenvalue weighted by molar-refractivity contribution is 0.224. The van der Waals surface area contributed by atoms with Gasteiger partial charge in [0.2, 0.25) is 5.95 Å². The van der Waals surface area contributed by atoms with Crippen molar-refractivity contribution >= 4 is 5.95 Å². The maximum Gasteiger partial charge on any atom is 0.225 e. The van der Waals surface area contributed by atoms with E-state index in [1.54, 1.807) is 0 Å². The summed E-state index contributed by atoms with van der Waals surface area (Å²) in [5.41, 5.74) is 0. The van der Waals surface area contributed by atoms with Crippen LogP contribution in [0, 0.1) is 5.92 Å². The third-order valence-corrected chi connectivity index (χ3v) is 5.21. The SMILES string of the molecule is CCC1CCCCC1NC1CCN(c2ncccn2)CC1. The van der Waals surface area contributed by atoms with Crippen molar-refractivity contribution in [3.8, 4) is 0 Å². The molecule has 21 heavy (non-hydrogen) atoms. The van der Waals surface area contributed by atoms with E-state index in [4.69, 9.17) is 0 Å². The van der Waals surface area contributed by atoms with Gasteiger partial charge >= 0.3 is 0 Å². The van der Waals surface area contributed by atoms with E-state index in [9.17, 15) is 0 Å². The fourth-order valence-electron chi connectivity index (χ4n) is 3.92. The minimum Gasteiger partial charge on any atom is -0.341 e. The van der Waals surface area contributed by atoms with Crippen molar-refractivity contribution in [2.75, 3.05) is 18.0 Å². The van der Waals surface area contributed by atoms with Crippen LogP contribution in [0.15, 0.2) is 18.5 Å². The molecule has 2 heterocycles. The van der Waals surface area contributed by atoms with E-state index in [2.05, 4.69) is 27.1 Å². The Hall–Kier alpha value is -1.16. The second-order valence-corrected chi connectivity index (χ2v) is 6.54. The number of rotatable bonds is 4. The minimum atomic E-state index is 0.683. The van der Waals surface area contributed by atoms with Crippen LogP contribution >= 0.6 is 0 Å². The van der Waals surface area contributed by atoms with Gasteiger partial charge in [0.25, 0.3) is 0 Å². The number of nitrogens with one attached hydrogen (secondary N) is 1. The van der Waals surface area contributed by atoms with E-state index in [1.165, 1.54) is 44.9 Å². The van der Waals surface area contributed by atoms with Gasteiger partial charge in [-0.05, 0) is 37.7 Å². The van der Waals surface area contributed by atoms with Crippen LogP contribution in [0.25, 0.3) is 0 Å². The Balaban J connectivity index is 1.49. The molecule has 1 aromatic rings.